The highest BCUT2D eigenvalue weighted by molar-refractivity contribution is 7.92. The number of aromatic nitrogens is 1. The molecule has 164 valence electrons. The van der Waals surface area contributed by atoms with Crippen LogP contribution in [0.4, 0.5) is 5.69 Å². The first-order valence-corrected chi connectivity index (χ1v) is 12.3. The summed E-state index contributed by atoms with van der Waals surface area (Å²) in [6, 6.07) is 15.1. The van der Waals surface area contributed by atoms with Gasteiger partial charge < -0.3 is 14.2 Å². The third kappa shape index (κ3) is 3.94. The van der Waals surface area contributed by atoms with Gasteiger partial charge in [-0.05, 0) is 48.5 Å². The van der Waals surface area contributed by atoms with Crippen molar-refractivity contribution >= 4 is 48.9 Å². The van der Waals surface area contributed by atoms with E-state index in [0.29, 0.717) is 41.0 Å². The topological polar surface area (TPSA) is 86.8 Å². The molecule has 5 rings (SSSR count). The summed E-state index contributed by atoms with van der Waals surface area (Å²) < 4.78 is 45.4. The van der Waals surface area contributed by atoms with Crippen LogP contribution in [0.15, 0.2) is 59.5 Å². The average molecular weight is 489 g/mol. The minimum absolute atomic E-state index is 0.0714. The van der Waals surface area contributed by atoms with E-state index in [9.17, 15) is 8.42 Å². The maximum absolute atomic E-state index is 12.9. The molecule has 7 nitrogen and oxygen atoms in total. The number of hydrogen-bond acceptors (Lipinski definition) is 7. The SMILES string of the molecule is COc1ccc2nc(-c3ccc(NS(=O)(=O)c4ccc5c(c4)OCCO5)cc3Cl)sc2c1. The first kappa shape index (κ1) is 20.9. The molecule has 0 fully saturated rings. The summed E-state index contributed by atoms with van der Waals surface area (Å²) in [5.41, 5.74) is 1.90. The Labute approximate surface area is 193 Å². The van der Waals surface area contributed by atoms with Gasteiger partial charge in [0.05, 0.1) is 32.9 Å². The molecule has 0 bridgehead atoms. The predicted octanol–water partition coefficient (Wildman–Crippen LogP) is 5.20. The Balaban J connectivity index is 1.42. The van der Waals surface area contributed by atoms with Gasteiger partial charge in [-0.25, -0.2) is 13.4 Å². The van der Waals surface area contributed by atoms with Crippen LogP contribution in [0.25, 0.3) is 20.8 Å². The van der Waals surface area contributed by atoms with E-state index in [1.807, 2.05) is 18.2 Å². The van der Waals surface area contributed by atoms with Crippen molar-refractivity contribution in [2.45, 2.75) is 4.90 Å². The Morgan fingerprint density at radius 3 is 2.62 bits per heavy atom. The van der Waals surface area contributed by atoms with Crippen LogP contribution in [-0.2, 0) is 10.0 Å². The number of halogens is 1. The van der Waals surface area contributed by atoms with Gasteiger partial charge in [0.1, 0.15) is 24.0 Å². The number of nitrogens with zero attached hydrogens (tertiary/aromatic N) is 1. The minimum Gasteiger partial charge on any atom is -0.497 e. The summed E-state index contributed by atoms with van der Waals surface area (Å²) in [5.74, 6) is 1.68. The molecule has 10 heteroatoms. The molecule has 1 aliphatic rings. The van der Waals surface area contributed by atoms with E-state index in [2.05, 4.69) is 9.71 Å². The van der Waals surface area contributed by atoms with Crippen LogP contribution in [0.1, 0.15) is 0 Å². The smallest absolute Gasteiger partial charge is 0.262 e. The molecular formula is C22H17ClN2O5S2. The van der Waals surface area contributed by atoms with Crippen molar-refractivity contribution in [3.63, 3.8) is 0 Å². The van der Waals surface area contributed by atoms with Crippen molar-refractivity contribution in [3.05, 3.63) is 59.6 Å². The quantitative estimate of drug-likeness (QED) is 0.415. The number of sulfonamides is 1. The van der Waals surface area contributed by atoms with Gasteiger partial charge in [0, 0.05) is 11.6 Å². The van der Waals surface area contributed by atoms with Crippen LogP contribution < -0.4 is 18.9 Å². The molecule has 0 spiro atoms. The number of ether oxygens (including phenoxy) is 3. The fourth-order valence-corrected chi connectivity index (χ4v) is 5.73. The average Bonchev–Trinajstić information content (AvgIpc) is 3.21. The fourth-order valence-electron chi connectivity index (χ4n) is 3.30. The van der Waals surface area contributed by atoms with E-state index >= 15 is 0 Å². The zero-order valence-electron chi connectivity index (χ0n) is 16.8. The maximum Gasteiger partial charge on any atom is 0.262 e. The molecule has 0 saturated carbocycles. The van der Waals surface area contributed by atoms with E-state index in [-0.39, 0.29) is 4.90 Å². The Morgan fingerprint density at radius 2 is 1.84 bits per heavy atom. The van der Waals surface area contributed by atoms with Gasteiger partial charge >= 0.3 is 0 Å². The van der Waals surface area contributed by atoms with Crippen LogP contribution in [0.5, 0.6) is 17.2 Å². The van der Waals surface area contributed by atoms with E-state index in [1.165, 1.54) is 23.5 Å². The number of nitrogens with one attached hydrogen (secondary N) is 1. The van der Waals surface area contributed by atoms with Crippen LogP contribution in [0.3, 0.4) is 0 Å². The van der Waals surface area contributed by atoms with Gasteiger partial charge in [-0.2, -0.15) is 0 Å². The zero-order valence-corrected chi connectivity index (χ0v) is 19.2. The molecule has 0 unspecified atom stereocenters. The third-order valence-corrected chi connectivity index (χ3v) is 7.61. The number of rotatable bonds is 5. The number of thiazole rings is 1. The number of hydrogen-bond donors (Lipinski definition) is 1. The highest BCUT2D eigenvalue weighted by Gasteiger charge is 2.20. The first-order chi connectivity index (χ1) is 15.4. The molecule has 1 aliphatic heterocycles. The number of methoxy groups -OCH3 is 1. The minimum atomic E-state index is -3.84. The lowest BCUT2D eigenvalue weighted by molar-refractivity contribution is 0.171. The molecule has 1 N–H and O–H groups in total. The van der Waals surface area contributed by atoms with Crippen molar-refractivity contribution in [1.29, 1.82) is 0 Å². The summed E-state index contributed by atoms with van der Waals surface area (Å²) >= 11 is 7.97. The standard InChI is InChI=1S/C22H17ClN2O5S2/c1-28-14-3-6-18-21(11-14)31-22(24-18)16-5-2-13(10-17(16)23)25-32(26,27)15-4-7-19-20(12-15)30-9-8-29-19/h2-7,10-12,25H,8-9H2,1H3. The highest BCUT2D eigenvalue weighted by atomic mass is 35.5. The van der Waals surface area contributed by atoms with Gasteiger partial charge in [-0.1, -0.05) is 11.6 Å². The number of benzene rings is 3. The van der Waals surface area contributed by atoms with Crippen molar-refractivity contribution < 1.29 is 22.6 Å². The summed E-state index contributed by atoms with van der Waals surface area (Å²) in [5, 5.41) is 1.12. The summed E-state index contributed by atoms with van der Waals surface area (Å²) in [7, 11) is -2.22. The molecule has 0 saturated heterocycles. The Kier molecular flexibility index (Phi) is 5.32. The van der Waals surface area contributed by atoms with Crippen molar-refractivity contribution in [2.24, 2.45) is 0 Å². The van der Waals surface area contributed by atoms with Crippen molar-refractivity contribution in [1.82, 2.24) is 4.98 Å². The van der Waals surface area contributed by atoms with Gasteiger partial charge in [0.15, 0.2) is 11.5 Å². The molecule has 0 aliphatic carbocycles. The van der Waals surface area contributed by atoms with Crippen molar-refractivity contribution in [3.8, 4) is 27.8 Å². The second kappa shape index (κ2) is 8.16. The first-order valence-electron chi connectivity index (χ1n) is 9.60. The van der Waals surface area contributed by atoms with Crippen molar-refractivity contribution in [2.75, 3.05) is 25.0 Å². The molecular weight excluding hydrogens is 472 g/mol. The van der Waals surface area contributed by atoms with E-state index in [0.717, 1.165) is 21.0 Å². The summed E-state index contributed by atoms with van der Waals surface area (Å²) in [6.45, 7) is 0.809. The zero-order chi connectivity index (χ0) is 22.3. The lowest BCUT2D eigenvalue weighted by Crippen LogP contribution is -2.17. The molecule has 0 amide bonds. The molecule has 0 atom stereocenters. The highest BCUT2D eigenvalue weighted by Crippen LogP contribution is 2.37. The molecule has 0 radical (unpaired) electrons. The van der Waals surface area contributed by atoms with Crippen LogP contribution in [-0.4, -0.2) is 33.7 Å². The fraction of sp³-hybridized carbons (Fsp3) is 0.136. The molecule has 3 aromatic carbocycles. The summed E-state index contributed by atoms with van der Waals surface area (Å²) in [4.78, 5) is 4.70. The van der Waals surface area contributed by atoms with Gasteiger partial charge in [0.25, 0.3) is 10.0 Å². The van der Waals surface area contributed by atoms with Gasteiger partial charge in [-0.15, -0.1) is 11.3 Å². The van der Waals surface area contributed by atoms with Crippen LogP contribution in [0, 0.1) is 0 Å². The lowest BCUT2D eigenvalue weighted by Gasteiger charge is -2.19. The molecule has 1 aromatic heterocycles. The van der Waals surface area contributed by atoms with Gasteiger partial charge in [0.2, 0.25) is 0 Å². The van der Waals surface area contributed by atoms with Gasteiger partial charge in [-0.3, -0.25) is 4.72 Å². The second-order valence-corrected chi connectivity index (χ2v) is 10.1. The monoisotopic (exact) mass is 488 g/mol. The lowest BCUT2D eigenvalue weighted by atomic mass is 10.2. The Bertz CT molecular complexity index is 1440. The molecule has 2 heterocycles. The second-order valence-electron chi connectivity index (χ2n) is 6.96. The largest absolute Gasteiger partial charge is 0.497 e. The van der Waals surface area contributed by atoms with Crippen LogP contribution >= 0.6 is 22.9 Å². The van der Waals surface area contributed by atoms with E-state index < -0.39 is 10.0 Å². The number of anilines is 1. The summed E-state index contributed by atoms with van der Waals surface area (Å²) in [6.07, 6.45) is 0. The van der Waals surface area contributed by atoms with E-state index in [4.69, 9.17) is 25.8 Å². The van der Waals surface area contributed by atoms with Crippen LogP contribution in [0.2, 0.25) is 5.02 Å². The third-order valence-electron chi connectivity index (χ3n) is 4.87. The predicted molar refractivity (Wildman–Crippen MR) is 125 cm³/mol. The Hall–Kier alpha value is -3.01. The Morgan fingerprint density at radius 1 is 1.03 bits per heavy atom. The molecule has 4 aromatic rings. The number of fused-ring (bicyclic) bond motifs is 2. The van der Waals surface area contributed by atoms with E-state index in [1.54, 1.807) is 31.4 Å². The maximum atomic E-state index is 12.9. The molecule has 32 heavy (non-hydrogen) atoms. The normalized spacial score (nSPS) is 13.2.